The van der Waals surface area contributed by atoms with Gasteiger partial charge in [0.05, 0.1) is 14.2 Å². The molecule has 2 N–H and O–H groups in total. The van der Waals surface area contributed by atoms with Gasteiger partial charge in [0.15, 0.2) is 11.5 Å². The van der Waals surface area contributed by atoms with E-state index >= 15 is 0 Å². The minimum Gasteiger partial charge on any atom is -0.504 e. The van der Waals surface area contributed by atoms with E-state index < -0.39 is 0 Å². The molecule has 1 aromatic heterocycles. The molecule has 2 aromatic rings. The van der Waals surface area contributed by atoms with E-state index in [1.165, 1.54) is 7.11 Å². The molecule has 20 heavy (non-hydrogen) atoms. The summed E-state index contributed by atoms with van der Waals surface area (Å²) in [5.41, 5.74) is 1.97. The molecule has 0 radical (unpaired) electrons. The van der Waals surface area contributed by atoms with Gasteiger partial charge in [-0.05, 0) is 23.8 Å². The summed E-state index contributed by atoms with van der Waals surface area (Å²) >= 11 is 0. The van der Waals surface area contributed by atoms with E-state index in [2.05, 4.69) is 10.3 Å². The Morgan fingerprint density at radius 1 is 1.15 bits per heavy atom. The number of nitrogens with zero attached hydrogens (tertiary/aromatic N) is 1. The molecular formula is C15H18N2O3. The van der Waals surface area contributed by atoms with Gasteiger partial charge in [0, 0.05) is 24.8 Å². The number of nitrogens with one attached hydrogen (secondary N) is 1. The van der Waals surface area contributed by atoms with Crippen LogP contribution in [0.1, 0.15) is 11.1 Å². The van der Waals surface area contributed by atoms with Crippen LogP contribution in [0.5, 0.6) is 17.4 Å². The van der Waals surface area contributed by atoms with E-state index in [4.69, 9.17) is 9.47 Å². The zero-order chi connectivity index (χ0) is 14.4. The van der Waals surface area contributed by atoms with Crippen LogP contribution in [0.4, 0.5) is 0 Å². The van der Waals surface area contributed by atoms with Gasteiger partial charge >= 0.3 is 0 Å². The predicted octanol–water partition coefficient (Wildman–Crippen LogP) is 2.09. The van der Waals surface area contributed by atoms with E-state index in [1.807, 2.05) is 18.2 Å². The molecule has 5 nitrogen and oxygen atoms in total. The lowest BCUT2D eigenvalue weighted by atomic mass is 10.2. The van der Waals surface area contributed by atoms with E-state index in [1.54, 1.807) is 25.4 Å². The molecule has 2 rings (SSSR count). The monoisotopic (exact) mass is 274 g/mol. The molecule has 0 saturated carbocycles. The highest BCUT2D eigenvalue weighted by molar-refractivity contribution is 5.41. The Kier molecular flexibility index (Phi) is 4.79. The standard InChI is InChI=1S/C15H18N2O3/c1-19-14-6-5-11(8-13(14)18)9-16-10-12-4-3-7-17-15(12)20-2/h3-8,16,18H,9-10H2,1-2H3. The van der Waals surface area contributed by atoms with Crippen molar-refractivity contribution in [3.63, 3.8) is 0 Å². The number of benzene rings is 1. The molecule has 0 aliphatic heterocycles. The fourth-order valence-electron chi connectivity index (χ4n) is 1.93. The Balaban J connectivity index is 1.94. The summed E-state index contributed by atoms with van der Waals surface area (Å²) in [7, 11) is 3.13. The lowest BCUT2D eigenvalue weighted by Crippen LogP contribution is -2.13. The van der Waals surface area contributed by atoms with Crippen LogP contribution in [0, 0.1) is 0 Å². The molecule has 0 atom stereocenters. The van der Waals surface area contributed by atoms with Gasteiger partial charge in [-0.25, -0.2) is 4.98 Å². The van der Waals surface area contributed by atoms with Crippen LogP contribution in [0.15, 0.2) is 36.5 Å². The van der Waals surface area contributed by atoms with Crippen molar-refractivity contribution in [1.29, 1.82) is 0 Å². The first-order valence-corrected chi connectivity index (χ1v) is 6.29. The lowest BCUT2D eigenvalue weighted by molar-refractivity contribution is 0.373. The third-order valence-corrected chi connectivity index (χ3v) is 2.93. The van der Waals surface area contributed by atoms with Gasteiger partial charge in [0.25, 0.3) is 0 Å². The molecule has 0 amide bonds. The molecule has 0 aliphatic rings. The van der Waals surface area contributed by atoms with E-state index in [0.29, 0.717) is 24.7 Å². The number of hydrogen-bond donors (Lipinski definition) is 2. The van der Waals surface area contributed by atoms with Crippen molar-refractivity contribution in [2.45, 2.75) is 13.1 Å². The first kappa shape index (κ1) is 14.1. The number of rotatable bonds is 6. The Bertz CT molecular complexity index is 573. The summed E-state index contributed by atoms with van der Waals surface area (Å²) < 4.78 is 10.2. The highest BCUT2D eigenvalue weighted by atomic mass is 16.5. The first-order chi connectivity index (χ1) is 9.74. The predicted molar refractivity (Wildman–Crippen MR) is 76.0 cm³/mol. The van der Waals surface area contributed by atoms with Gasteiger partial charge in [-0.2, -0.15) is 0 Å². The van der Waals surface area contributed by atoms with E-state index in [-0.39, 0.29) is 5.75 Å². The van der Waals surface area contributed by atoms with Crippen molar-refractivity contribution >= 4 is 0 Å². The van der Waals surface area contributed by atoms with Gasteiger partial charge in [0.1, 0.15) is 0 Å². The minimum absolute atomic E-state index is 0.144. The Labute approximate surface area is 118 Å². The van der Waals surface area contributed by atoms with Crippen LogP contribution in [0.3, 0.4) is 0 Å². The van der Waals surface area contributed by atoms with Crippen molar-refractivity contribution < 1.29 is 14.6 Å². The second kappa shape index (κ2) is 6.77. The van der Waals surface area contributed by atoms with E-state index in [0.717, 1.165) is 11.1 Å². The summed E-state index contributed by atoms with van der Waals surface area (Å²) in [4.78, 5) is 4.14. The zero-order valence-corrected chi connectivity index (χ0v) is 11.6. The van der Waals surface area contributed by atoms with Crippen LogP contribution >= 0.6 is 0 Å². The number of pyridine rings is 1. The normalized spacial score (nSPS) is 10.3. The van der Waals surface area contributed by atoms with Gasteiger partial charge in [0.2, 0.25) is 5.88 Å². The van der Waals surface area contributed by atoms with E-state index in [9.17, 15) is 5.11 Å². The van der Waals surface area contributed by atoms with Gasteiger partial charge < -0.3 is 19.9 Å². The molecule has 106 valence electrons. The number of phenols is 1. The lowest BCUT2D eigenvalue weighted by Gasteiger charge is -2.09. The molecule has 0 unspecified atom stereocenters. The van der Waals surface area contributed by atoms with Crippen molar-refractivity contribution in [2.24, 2.45) is 0 Å². The number of methoxy groups -OCH3 is 2. The second-order valence-electron chi connectivity index (χ2n) is 4.28. The van der Waals surface area contributed by atoms with Crippen LogP contribution in [-0.2, 0) is 13.1 Å². The van der Waals surface area contributed by atoms with Gasteiger partial charge in [-0.15, -0.1) is 0 Å². The summed E-state index contributed by atoms with van der Waals surface area (Å²) in [5, 5.41) is 13.0. The Morgan fingerprint density at radius 3 is 2.70 bits per heavy atom. The topological polar surface area (TPSA) is 63.6 Å². The zero-order valence-electron chi connectivity index (χ0n) is 11.6. The molecule has 0 aliphatic carbocycles. The Morgan fingerprint density at radius 2 is 2.00 bits per heavy atom. The molecular weight excluding hydrogens is 256 g/mol. The second-order valence-corrected chi connectivity index (χ2v) is 4.28. The third kappa shape index (κ3) is 3.39. The molecule has 0 spiro atoms. The van der Waals surface area contributed by atoms with Crippen molar-refractivity contribution in [3.8, 4) is 17.4 Å². The van der Waals surface area contributed by atoms with Crippen LogP contribution in [0.2, 0.25) is 0 Å². The first-order valence-electron chi connectivity index (χ1n) is 6.29. The number of aromatic nitrogens is 1. The minimum atomic E-state index is 0.144. The highest BCUT2D eigenvalue weighted by Crippen LogP contribution is 2.26. The number of ether oxygens (including phenoxy) is 2. The average Bonchev–Trinajstić information content (AvgIpc) is 2.48. The number of hydrogen-bond acceptors (Lipinski definition) is 5. The summed E-state index contributed by atoms with van der Waals surface area (Å²) in [5.74, 6) is 1.24. The van der Waals surface area contributed by atoms with Crippen LogP contribution in [0.25, 0.3) is 0 Å². The number of aromatic hydroxyl groups is 1. The summed E-state index contributed by atoms with van der Waals surface area (Å²) in [6.45, 7) is 1.28. The highest BCUT2D eigenvalue weighted by Gasteiger charge is 2.04. The molecule has 0 fully saturated rings. The average molecular weight is 274 g/mol. The SMILES string of the molecule is COc1ccc(CNCc2cccnc2OC)cc1O. The Hall–Kier alpha value is -2.27. The summed E-state index contributed by atoms with van der Waals surface area (Å²) in [6.07, 6.45) is 1.70. The van der Waals surface area contributed by atoms with Gasteiger partial charge in [-0.1, -0.05) is 12.1 Å². The maximum absolute atomic E-state index is 9.71. The van der Waals surface area contributed by atoms with Crippen LogP contribution in [-0.4, -0.2) is 24.3 Å². The fraction of sp³-hybridized carbons (Fsp3) is 0.267. The van der Waals surface area contributed by atoms with Crippen molar-refractivity contribution in [1.82, 2.24) is 10.3 Å². The molecule has 0 saturated heterocycles. The molecule has 1 heterocycles. The molecule has 1 aromatic carbocycles. The van der Waals surface area contributed by atoms with Gasteiger partial charge in [-0.3, -0.25) is 0 Å². The van der Waals surface area contributed by atoms with Crippen LogP contribution < -0.4 is 14.8 Å². The third-order valence-electron chi connectivity index (χ3n) is 2.93. The van der Waals surface area contributed by atoms with Crippen molar-refractivity contribution in [3.05, 3.63) is 47.7 Å². The fourth-order valence-corrected chi connectivity index (χ4v) is 1.93. The molecule has 0 bridgehead atoms. The smallest absolute Gasteiger partial charge is 0.217 e. The quantitative estimate of drug-likeness (QED) is 0.844. The molecule has 5 heteroatoms. The van der Waals surface area contributed by atoms with Crippen molar-refractivity contribution in [2.75, 3.05) is 14.2 Å². The number of phenolic OH excluding ortho intramolecular Hbond substituents is 1. The maximum Gasteiger partial charge on any atom is 0.217 e. The largest absolute Gasteiger partial charge is 0.504 e. The maximum atomic E-state index is 9.71. The summed E-state index contributed by atoms with van der Waals surface area (Å²) in [6, 6.07) is 9.18.